The highest BCUT2D eigenvalue weighted by atomic mass is 35.5. The Labute approximate surface area is 112 Å². The van der Waals surface area contributed by atoms with Crippen LogP contribution in [0.1, 0.15) is 26.7 Å². The van der Waals surface area contributed by atoms with Crippen LogP contribution >= 0.6 is 23.4 Å². The second-order valence-electron chi connectivity index (χ2n) is 4.27. The summed E-state index contributed by atoms with van der Waals surface area (Å²) in [4.78, 5) is 4.81. The van der Waals surface area contributed by atoms with Gasteiger partial charge in [-0.1, -0.05) is 37.2 Å². The molecule has 1 aliphatic heterocycles. The van der Waals surface area contributed by atoms with Gasteiger partial charge < -0.3 is 5.32 Å². The summed E-state index contributed by atoms with van der Waals surface area (Å²) in [7, 11) is 0. The van der Waals surface area contributed by atoms with Crippen molar-refractivity contribution in [2.24, 2.45) is 4.99 Å². The third-order valence-corrected chi connectivity index (χ3v) is 4.63. The van der Waals surface area contributed by atoms with E-state index in [-0.39, 0.29) is 5.54 Å². The Balaban J connectivity index is 2.08. The third kappa shape index (κ3) is 2.96. The lowest BCUT2D eigenvalue weighted by Crippen LogP contribution is -2.24. The lowest BCUT2D eigenvalue weighted by atomic mass is 9.97. The van der Waals surface area contributed by atoms with E-state index < -0.39 is 0 Å². The van der Waals surface area contributed by atoms with Gasteiger partial charge in [-0.25, -0.2) is 0 Å². The second kappa shape index (κ2) is 5.32. The molecule has 1 aliphatic rings. The third-order valence-electron chi connectivity index (χ3n) is 3.23. The summed E-state index contributed by atoms with van der Waals surface area (Å²) in [5, 5.41) is 5.13. The maximum atomic E-state index is 5.86. The molecule has 17 heavy (non-hydrogen) atoms. The molecule has 2 nitrogen and oxygen atoms in total. The van der Waals surface area contributed by atoms with Crippen molar-refractivity contribution < 1.29 is 0 Å². The average molecular weight is 269 g/mol. The van der Waals surface area contributed by atoms with E-state index in [9.17, 15) is 0 Å². The van der Waals surface area contributed by atoms with Gasteiger partial charge in [0.25, 0.3) is 0 Å². The minimum Gasteiger partial charge on any atom is -0.335 e. The molecule has 1 N–H and O–H groups in total. The number of thioether (sulfide) groups is 1. The molecule has 1 aromatic carbocycles. The van der Waals surface area contributed by atoms with Crippen molar-refractivity contribution in [1.82, 2.24) is 0 Å². The molecular formula is C13H17ClN2S. The summed E-state index contributed by atoms with van der Waals surface area (Å²) in [5.74, 6) is 1.08. The highest BCUT2D eigenvalue weighted by Gasteiger charge is 2.31. The molecule has 0 fully saturated rings. The Morgan fingerprint density at radius 1 is 1.29 bits per heavy atom. The zero-order valence-corrected chi connectivity index (χ0v) is 11.7. The normalized spacial score (nSPS) is 17.9. The monoisotopic (exact) mass is 268 g/mol. The number of amidine groups is 1. The topological polar surface area (TPSA) is 24.4 Å². The van der Waals surface area contributed by atoms with E-state index in [0.29, 0.717) is 0 Å². The quantitative estimate of drug-likeness (QED) is 0.878. The summed E-state index contributed by atoms with van der Waals surface area (Å²) in [6, 6.07) is 7.72. The summed E-state index contributed by atoms with van der Waals surface area (Å²) >= 11 is 7.66. The molecule has 0 aromatic heterocycles. The molecule has 1 aromatic rings. The molecule has 0 amide bonds. The first-order chi connectivity index (χ1) is 8.17. The van der Waals surface area contributed by atoms with Crippen LogP contribution in [-0.2, 0) is 0 Å². The SMILES string of the molecule is CCC1(CC)CSC(Nc2ccc(Cl)cc2)=N1. The molecule has 0 saturated carbocycles. The van der Waals surface area contributed by atoms with Gasteiger partial charge in [0.2, 0.25) is 0 Å². The fourth-order valence-electron chi connectivity index (χ4n) is 1.82. The van der Waals surface area contributed by atoms with E-state index in [2.05, 4.69) is 19.2 Å². The van der Waals surface area contributed by atoms with Crippen molar-refractivity contribution in [3.63, 3.8) is 0 Å². The van der Waals surface area contributed by atoms with Gasteiger partial charge in [0, 0.05) is 16.5 Å². The van der Waals surface area contributed by atoms with E-state index >= 15 is 0 Å². The van der Waals surface area contributed by atoms with E-state index in [1.165, 1.54) is 0 Å². The molecule has 0 unspecified atom stereocenters. The van der Waals surface area contributed by atoms with Crippen LogP contribution in [0.5, 0.6) is 0 Å². The van der Waals surface area contributed by atoms with Crippen LogP contribution in [0.15, 0.2) is 29.3 Å². The molecule has 0 atom stereocenters. The minimum absolute atomic E-state index is 0.138. The number of halogens is 1. The van der Waals surface area contributed by atoms with Crippen molar-refractivity contribution in [3.8, 4) is 0 Å². The number of anilines is 1. The average Bonchev–Trinajstić information content (AvgIpc) is 2.76. The van der Waals surface area contributed by atoms with Crippen molar-refractivity contribution in [3.05, 3.63) is 29.3 Å². The fourth-order valence-corrected chi connectivity index (χ4v) is 3.27. The van der Waals surface area contributed by atoms with Crippen LogP contribution < -0.4 is 5.32 Å². The van der Waals surface area contributed by atoms with Gasteiger partial charge in [-0.2, -0.15) is 0 Å². The lowest BCUT2D eigenvalue weighted by Gasteiger charge is -2.20. The Morgan fingerprint density at radius 3 is 2.47 bits per heavy atom. The maximum Gasteiger partial charge on any atom is 0.161 e. The van der Waals surface area contributed by atoms with Crippen molar-refractivity contribution in [2.75, 3.05) is 11.1 Å². The molecule has 4 heteroatoms. The van der Waals surface area contributed by atoms with Crippen LogP contribution in [0.4, 0.5) is 5.69 Å². The minimum atomic E-state index is 0.138. The number of nitrogens with zero attached hydrogens (tertiary/aromatic N) is 1. The van der Waals surface area contributed by atoms with Gasteiger partial charge in [-0.15, -0.1) is 0 Å². The van der Waals surface area contributed by atoms with Crippen molar-refractivity contribution in [1.29, 1.82) is 0 Å². The number of aliphatic imine (C=N–C) groups is 1. The molecule has 0 aliphatic carbocycles. The molecule has 0 spiro atoms. The van der Waals surface area contributed by atoms with Crippen LogP contribution in [0, 0.1) is 0 Å². The first kappa shape index (κ1) is 12.8. The second-order valence-corrected chi connectivity index (χ2v) is 5.67. The van der Waals surface area contributed by atoms with Gasteiger partial charge in [0.15, 0.2) is 5.17 Å². The Bertz CT molecular complexity index is 410. The lowest BCUT2D eigenvalue weighted by molar-refractivity contribution is 0.456. The standard InChI is InChI=1S/C13H17ClN2S/c1-3-13(4-2)9-17-12(16-13)15-11-7-5-10(14)6-8-11/h5-8H,3-4,9H2,1-2H3,(H,15,16). The first-order valence-corrected chi connectivity index (χ1v) is 7.29. The van der Waals surface area contributed by atoms with Crippen molar-refractivity contribution >= 4 is 34.2 Å². The number of hydrogen-bond acceptors (Lipinski definition) is 3. The summed E-state index contributed by atoms with van der Waals surface area (Å²) in [6.45, 7) is 4.41. The largest absolute Gasteiger partial charge is 0.335 e. The molecule has 0 saturated heterocycles. The van der Waals surface area contributed by atoms with E-state index in [4.69, 9.17) is 16.6 Å². The van der Waals surface area contributed by atoms with Gasteiger partial charge in [-0.3, -0.25) is 4.99 Å². The Morgan fingerprint density at radius 2 is 1.94 bits per heavy atom. The Kier molecular flexibility index (Phi) is 4.00. The van der Waals surface area contributed by atoms with Crippen LogP contribution in [0.3, 0.4) is 0 Å². The smallest absolute Gasteiger partial charge is 0.161 e. The zero-order chi connectivity index (χ0) is 12.3. The molecule has 1 heterocycles. The zero-order valence-electron chi connectivity index (χ0n) is 10.2. The number of benzene rings is 1. The van der Waals surface area contributed by atoms with Gasteiger partial charge in [0.1, 0.15) is 0 Å². The van der Waals surface area contributed by atoms with E-state index in [1.54, 1.807) is 11.8 Å². The number of hydrogen-bond donors (Lipinski definition) is 1. The summed E-state index contributed by atoms with van der Waals surface area (Å²) < 4.78 is 0. The van der Waals surface area contributed by atoms with Crippen molar-refractivity contribution in [2.45, 2.75) is 32.2 Å². The van der Waals surface area contributed by atoms with E-state index in [0.717, 1.165) is 34.5 Å². The highest BCUT2D eigenvalue weighted by Crippen LogP contribution is 2.33. The fraction of sp³-hybridized carbons (Fsp3) is 0.462. The predicted octanol–water partition coefficient (Wildman–Crippen LogP) is 4.41. The number of rotatable bonds is 3. The molecule has 2 rings (SSSR count). The Hall–Kier alpha value is -0.670. The van der Waals surface area contributed by atoms with E-state index in [1.807, 2.05) is 24.3 Å². The first-order valence-electron chi connectivity index (χ1n) is 5.93. The number of nitrogens with one attached hydrogen (secondary N) is 1. The molecule has 92 valence electrons. The van der Waals surface area contributed by atoms with Gasteiger partial charge in [0.05, 0.1) is 5.54 Å². The highest BCUT2D eigenvalue weighted by molar-refractivity contribution is 8.14. The molecular weight excluding hydrogens is 252 g/mol. The summed E-state index contributed by atoms with van der Waals surface area (Å²) in [6.07, 6.45) is 2.20. The molecule has 0 radical (unpaired) electrons. The predicted molar refractivity (Wildman–Crippen MR) is 78.3 cm³/mol. The maximum absolute atomic E-state index is 5.86. The summed E-state index contributed by atoms with van der Waals surface area (Å²) in [5.41, 5.74) is 1.18. The molecule has 0 bridgehead atoms. The van der Waals surface area contributed by atoms with Crippen LogP contribution in [-0.4, -0.2) is 16.5 Å². The van der Waals surface area contributed by atoms with Gasteiger partial charge >= 0.3 is 0 Å². The van der Waals surface area contributed by atoms with Crippen LogP contribution in [0.2, 0.25) is 5.02 Å². The van der Waals surface area contributed by atoms with Gasteiger partial charge in [-0.05, 0) is 37.1 Å². The van der Waals surface area contributed by atoms with Crippen LogP contribution in [0.25, 0.3) is 0 Å².